The molecule has 0 saturated heterocycles. The molecule has 0 aliphatic carbocycles. The van der Waals surface area contributed by atoms with E-state index < -0.39 is 0 Å². The van der Waals surface area contributed by atoms with Gasteiger partial charge in [0.1, 0.15) is 0 Å². The summed E-state index contributed by atoms with van der Waals surface area (Å²) in [5.41, 5.74) is 2.87. The van der Waals surface area contributed by atoms with Gasteiger partial charge in [0.15, 0.2) is 5.65 Å². The van der Waals surface area contributed by atoms with E-state index in [1.54, 1.807) is 0 Å². The van der Waals surface area contributed by atoms with Crippen molar-refractivity contribution in [2.75, 3.05) is 0 Å². The zero-order valence-electron chi connectivity index (χ0n) is 10.5. The van der Waals surface area contributed by atoms with Crippen molar-refractivity contribution >= 4 is 11.0 Å². The summed E-state index contributed by atoms with van der Waals surface area (Å²) in [7, 11) is 0. The van der Waals surface area contributed by atoms with Gasteiger partial charge in [0.25, 0.3) is 0 Å². The number of aromatic nitrogens is 2. The topological polar surface area (TPSA) is 49.6 Å². The smallest absolute Gasteiger partial charge is 0.512 e. The number of nitrogens with zero attached hydrogens (tertiary/aromatic N) is 3. The maximum absolute atomic E-state index is 6.25. The Bertz CT molecular complexity index is 430. The SMILES string of the molecule is Cc1ccc2ccc(C)nc2n1.[Au+3].[C-]#N.[CH3-].[CH3-]. The van der Waals surface area contributed by atoms with Gasteiger partial charge in [0, 0.05) is 16.8 Å². The summed E-state index contributed by atoms with van der Waals surface area (Å²) < 4.78 is 0. The second-order valence-electron chi connectivity index (χ2n) is 2.95. The first-order valence-corrected chi connectivity index (χ1v) is 4.19. The molecular formula is C13H16AuN3. The standard InChI is InChI=1S/C10H10N2.CN.2CH3.Au/c1-7-3-5-9-6-4-8(2)12-10(9)11-7;1-2;;;/h3-6H,1-2H3;;2*1H3;/q;3*-1;+3. The van der Waals surface area contributed by atoms with Crippen molar-refractivity contribution in [3.8, 4) is 0 Å². The van der Waals surface area contributed by atoms with E-state index in [1.807, 2.05) is 38.1 Å². The van der Waals surface area contributed by atoms with Gasteiger partial charge in [-0.1, -0.05) is 0 Å². The van der Waals surface area contributed by atoms with Gasteiger partial charge in [-0.3, -0.25) is 0 Å². The molecule has 94 valence electrons. The maximum Gasteiger partial charge on any atom is 3.00 e. The van der Waals surface area contributed by atoms with E-state index in [2.05, 4.69) is 9.97 Å². The molecule has 0 radical (unpaired) electrons. The molecule has 0 spiro atoms. The van der Waals surface area contributed by atoms with E-state index in [0.29, 0.717) is 0 Å². The van der Waals surface area contributed by atoms with E-state index in [1.165, 1.54) is 0 Å². The van der Waals surface area contributed by atoms with Gasteiger partial charge in [0.2, 0.25) is 0 Å². The average molecular weight is 411 g/mol. The summed E-state index contributed by atoms with van der Waals surface area (Å²) >= 11 is 0. The largest absolute Gasteiger partial charge is 3.00 e. The van der Waals surface area contributed by atoms with Gasteiger partial charge in [-0.25, -0.2) is 9.97 Å². The van der Waals surface area contributed by atoms with Crippen LogP contribution >= 0.6 is 0 Å². The first-order valence-electron chi connectivity index (χ1n) is 4.19. The molecule has 0 unspecified atom stereocenters. The number of pyridine rings is 2. The minimum Gasteiger partial charge on any atom is -0.512 e. The third kappa shape index (κ3) is 5.60. The Morgan fingerprint density at radius 2 is 1.24 bits per heavy atom. The molecule has 0 atom stereocenters. The quantitative estimate of drug-likeness (QED) is 0.494. The first-order chi connectivity index (χ1) is 6.75. The van der Waals surface area contributed by atoms with E-state index in [9.17, 15) is 0 Å². The Morgan fingerprint density at radius 3 is 1.59 bits per heavy atom. The number of fused-ring (bicyclic) bond motifs is 1. The van der Waals surface area contributed by atoms with Crippen molar-refractivity contribution in [2.24, 2.45) is 0 Å². The van der Waals surface area contributed by atoms with Crippen molar-refractivity contribution in [2.45, 2.75) is 13.8 Å². The van der Waals surface area contributed by atoms with Crippen LogP contribution in [0.2, 0.25) is 0 Å². The van der Waals surface area contributed by atoms with Crippen molar-refractivity contribution < 1.29 is 22.4 Å². The van der Waals surface area contributed by atoms with Gasteiger partial charge in [-0.05, 0) is 38.1 Å². The molecule has 0 saturated carbocycles. The van der Waals surface area contributed by atoms with Crippen LogP contribution < -0.4 is 0 Å². The summed E-state index contributed by atoms with van der Waals surface area (Å²) in [6.45, 7) is 8.70. The number of hydrogen-bond donors (Lipinski definition) is 0. The van der Waals surface area contributed by atoms with Crippen LogP contribution in [0, 0.1) is 40.5 Å². The Labute approximate surface area is 119 Å². The molecule has 0 aliphatic heterocycles. The predicted octanol–water partition coefficient (Wildman–Crippen LogP) is 3.24. The van der Waals surface area contributed by atoms with Gasteiger partial charge in [-0.2, -0.15) is 0 Å². The summed E-state index contributed by atoms with van der Waals surface area (Å²) in [5, 5.41) is 7.35. The van der Waals surface area contributed by atoms with Crippen molar-refractivity contribution in [3.05, 3.63) is 57.1 Å². The van der Waals surface area contributed by atoms with Crippen LogP contribution in [-0.4, -0.2) is 9.97 Å². The second-order valence-corrected chi connectivity index (χ2v) is 2.95. The molecule has 17 heavy (non-hydrogen) atoms. The van der Waals surface area contributed by atoms with Crippen molar-refractivity contribution in [1.29, 1.82) is 5.26 Å². The molecular weight excluding hydrogens is 395 g/mol. The Hall–Kier alpha value is -1.21. The van der Waals surface area contributed by atoms with Gasteiger partial charge >= 0.3 is 22.4 Å². The number of aryl methyl sites for hydroxylation is 2. The number of hydrogen-bond acceptors (Lipinski definition) is 3. The molecule has 2 rings (SSSR count). The van der Waals surface area contributed by atoms with Crippen molar-refractivity contribution in [3.63, 3.8) is 0 Å². The van der Waals surface area contributed by atoms with Crippen molar-refractivity contribution in [1.82, 2.24) is 9.97 Å². The molecule has 0 aromatic carbocycles. The van der Waals surface area contributed by atoms with E-state index in [0.717, 1.165) is 22.4 Å². The molecule has 4 heteroatoms. The van der Waals surface area contributed by atoms with Crippen LogP contribution in [0.15, 0.2) is 24.3 Å². The summed E-state index contributed by atoms with van der Waals surface area (Å²) in [5.74, 6) is 0. The molecule has 3 nitrogen and oxygen atoms in total. The molecule has 2 aromatic rings. The van der Waals surface area contributed by atoms with Crippen LogP contribution in [0.3, 0.4) is 0 Å². The third-order valence-corrected chi connectivity index (χ3v) is 1.83. The zero-order valence-corrected chi connectivity index (χ0v) is 12.6. The molecule has 0 N–H and O–H groups in total. The fraction of sp³-hybridized carbons (Fsp3) is 0.154. The van der Waals surface area contributed by atoms with E-state index in [4.69, 9.17) is 11.8 Å². The Morgan fingerprint density at radius 1 is 0.882 bits per heavy atom. The number of rotatable bonds is 0. The van der Waals surface area contributed by atoms with Crippen LogP contribution in [0.1, 0.15) is 11.4 Å². The Kier molecular flexibility index (Phi) is 12.4. The zero-order chi connectivity index (χ0) is 10.6. The molecule has 0 fully saturated rings. The minimum atomic E-state index is 0. The van der Waals surface area contributed by atoms with Gasteiger partial charge < -0.3 is 26.7 Å². The fourth-order valence-electron chi connectivity index (χ4n) is 1.19. The minimum absolute atomic E-state index is 0. The molecule has 0 amide bonds. The first kappa shape index (κ1) is 21.1. The van der Waals surface area contributed by atoms with E-state index >= 15 is 0 Å². The molecule has 2 heterocycles. The van der Waals surface area contributed by atoms with Crippen LogP contribution in [0.4, 0.5) is 0 Å². The summed E-state index contributed by atoms with van der Waals surface area (Å²) in [6.07, 6.45) is 0. The monoisotopic (exact) mass is 411 g/mol. The fourth-order valence-corrected chi connectivity index (χ4v) is 1.19. The second kappa shape index (κ2) is 9.98. The van der Waals surface area contributed by atoms with Gasteiger partial charge in [0.05, 0.1) is 0 Å². The Balaban J connectivity index is -0.000000373. The summed E-state index contributed by atoms with van der Waals surface area (Å²) in [4.78, 5) is 8.65. The molecule has 0 aliphatic rings. The normalized spacial score (nSPS) is 7.53. The van der Waals surface area contributed by atoms with E-state index in [-0.39, 0.29) is 37.2 Å². The van der Waals surface area contributed by atoms with Gasteiger partial charge in [-0.15, -0.1) is 0 Å². The predicted molar refractivity (Wildman–Crippen MR) is 66.8 cm³/mol. The third-order valence-electron chi connectivity index (χ3n) is 1.83. The maximum atomic E-state index is 6.25. The molecule has 0 bridgehead atoms. The van der Waals surface area contributed by atoms with Crippen LogP contribution in [0.5, 0.6) is 0 Å². The average Bonchev–Trinajstić information content (AvgIpc) is 2.20. The van der Waals surface area contributed by atoms with Crippen LogP contribution in [0.25, 0.3) is 11.0 Å². The van der Waals surface area contributed by atoms with Crippen LogP contribution in [-0.2, 0) is 22.4 Å². The molecule has 2 aromatic heterocycles. The summed E-state index contributed by atoms with van der Waals surface area (Å²) in [6, 6.07) is 8.09.